The number of ether oxygens (including phenoxy) is 1. The SMILES string of the molecule is CCC(NC(=O)c1ccc(OC(F)F)cc1)C(N)=S. The molecule has 0 heterocycles. The standard InChI is InChI=1S/C12H14F2N2O2S/c1-2-9(10(15)19)16-11(17)7-3-5-8(6-4-7)18-12(13)14/h3-6,9,12H,2H2,1H3,(H2,15,19)(H,16,17). The Kier molecular flexibility index (Phi) is 5.62. The van der Waals surface area contributed by atoms with Crippen LogP contribution in [-0.2, 0) is 0 Å². The average Bonchev–Trinajstić information content (AvgIpc) is 2.35. The first-order valence-corrected chi connectivity index (χ1v) is 6.00. The first kappa shape index (κ1) is 15.3. The minimum Gasteiger partial charge on any atom is -0.435 e. The van der Waals surface area contributed by atoms with Gasteiger partial charge < -0.3 is 15.8 Å². The van der Waals surface area contributed by atoms with Crippen LogP contribution in [0.25, 0.3) is 0 Å². The van der Waals surface area contributed by atoms with E-state index in [4.69, 9.17) is 18.0 Å². The van der Waals surface area contributed by atoms with Gasteiger partial charge in [-0.3, -0.25) is 4.79 Å². The number of benzene rings is 1. The van der Waals surface area contributed by atoms with E-state index in [2.05, 4.69) is 10.1 Å². The van der Waals surface area contributed by atoms with Crippen LogP contribution >= 0.6 is 12.2 Å². The van der Waals surface area contributed by atoms with Gasteiger partial charge in [-0.2, -0.15) is 8.78 Å². The molecular weight excluding hydrogens is 274 g/mol. The first-order valence-electron chi connectivity index (χ1n) is 5.59. The van der Waals surface area contributed by atoms with Crippen LogP contribution < -0.4 is 15.8 Å². The van der Waals surface area contributed by atoms with E-state index in [-0.39, 0.29) is 22.7 Å². The highest BCUT2D eigenvalue weighted by molar-refractivity contribution is 7.80. The molecule has 0 aromatic heterocycles. The van der Waals surface area contributed by atoms with Gasteiger partial charge in [0.25, 0.3) is 5.91 Å². The maximum absolute atomic E-state index is 12.0. The van der Waals surface area contributed by atoms with Crippen molar-refractivity contribution in [2.75, 3.05) is 0 Å². The van der Waals surface area contributed by atoms with Crippen molar-refractivity contribution in [2.24, 2.45) is 5.73 Å². The van der Waals surface area contributed by atoms with Crippen LogP contribution in [0.2, 0.25) is 0 Å². The van der Waals surface area contributed by atoms with Gasteiger partial charge in [-0.05, 0) is 30.7 Å². The number of halogens is 2. The van der Waals surface area contributed by atoms with Crippen molar-refractivity contribution in [3.8, 4) is 5.75 Å². The second-order valence-electron chi connectivity index (χ2n) is 3.74. The summed E-state index contributed by atoms with van der Waals surface area (Å²) in [6, 6.07) is 4.98. The molecule has 3 N–H and O–H groups in total. The number of amides is 1. The molecule has 0 aliphatic rings. The second-order valence-corrected chi connectivity index (χ2v) is 4.21. The maximum Gasteiger partial charge on any atom is 0.387 e. The number of nitrogens with two attached hydrogens (primary N) is 1. The zero-order valence-corrected chi connectivity index (χ0v) is 11.0. The van der Waals surface area contributed by atoms with Gasteiger partial charge in [-0.15, -0.1) is 0 Å². The van der Waals surface area contributed by atoms with Gasteiger partial charge in [0.15, 0.2) is 0 Å². The van der Waals surface area contributed by atoms with Crippen molar-refractivity contribution in [1.82, 2.24) is 5.32 Å². The molecule has 0 saturated carbocycles. The van der Waals surface area contributed by atoms with Gasteiger partial charge in [-0.1, -0.05) is 19.1 Å². The van der Waals surface area contributed by atoms with Crippen LogP contribution in [0.15, 0.2) is 24.3 Å². The van der Waals surface area contributed by atoms with E-state index in [0.29, 0.717) is 12.0 Å². The second kappa shape index (κ2) is 6.98. The fraction of sp³-hybridized carbons (Fsp3) is 0.333. The van der Waals surface area contributed by atoms with Gasteiger partial charge in [-0.25, -0.2) is 0 Å². The van der Waals surface area contributed by atoms with Gasteiger partial charge in [0.2, 0.25) is 0 Å². The largest absolute Gasteiger partial charge is 0.435 e. The van der Waals surface area contributed by atoms with Crippen LogP contribution in [0, 0.1) is 0 Å². The Morgan fingerprint density at radius 3 is 2.42 bits per heavy atom. The molecule has 19 heavy (non-hydrogen) atoms. The Balaban J connectivity index is 2.70. The summed E-state index contributed by atoms with van der Waals surface area (Å²) in [4.78, 5) is 12.0. The molecule has 1 atom stereocenters. The average molecular weight is 288 g/mol. The quantitative estimate of drug-likeness (QED) is 0.787. The summed E-state index contributed by atoms with van der Waals surface area (Å²) in [5.74, 6) is -0.379. The summed E-state index contributed by atoms with van der Waals surface area (Å²) in [6.07, 6.45) is 0.577. The van der Waals surface area contributed by atoms with E-state index in [1.54, 1.807) is 0 Å². The third-order valence-electron chi connectivity index (χ3n) is 2.40. The topological polar surface area (TPSA) is 64.3 Å². The van der Waals surface area contributed by atoms with Crippen molar-refractivity contribution in [3.05, 3.63) is 29.8 Å². The lowest BCUT2D eigenvalue weighted by Crippen LogP contribution is -2.42. The number of thiocarbonyl (C=S) groups is 1. The molecule has 1 amide bonds. The molecule has 0 bridgehead atoms. The minimum atomic E-state index is -2.89. The molecule has 0 spiro atoms. The molecule has 0 fully saturated rings. The van der Waals surface area contributed by atoms with Crippen LogP contribution in [-0.4, -0.2) is 23.5 Å². The van der Waals surface area contributed by atoms with E-state index >= 15 is 0 Å². The first-order chi connectivity index (χ1) is 8.93. The van der Waals surface area contributed by atoms with Crippen LogP contribution in [0.3, 0.4) is 0 Å². The molecule has 1 aromatic rings. The number of carbonyl (C=O) groups excluding carboxylic acids is 1. The Hall–Kier alpha value is -1.76. The predicted molar refractivity (Wildman–Crippen MR) is 71.4 cm³/mol. The van der Waals surface area contributed by atoms with Gasteiger partial charge in [0.05, 0.1) is 11.0 Å². The Bertz CT molecular complexity index is 452. The van der Waals surface area contributed by atoms with Crippen molar-refractivity contribution in [3.63, 3.8) is 0 Å². The summed E-state index contributed by atoms with van der Waals surface area (Å²) in [6.45, 7) is -1.05. The Morgan fingerprint density at radius 2 is 2.00 bits per heavy atom. The van der Waals surface area contributed by atoms with E-state index in [1.165, 1.54) is 24.3 Å². The van der Waals surface area contributed by atoms with Gasteiger partial charge >= 0.3 is 6.61 Å². The Labute approximate surface area is 114 Å². The highest BCUT2D eigenvalue weighted by atomic mass is 32.1. The van der Waals surface area contributed by atoms with Crippen molar-refractivity contribution in [1.29, 1.82) is 0 Å². The van der Waals surface area contributed by atoms with E-state index in [0.717, 1.165) is 0 Å². The lowest BCUT2D eigenvalue weighted by Gasteiger charge is -2.15. The molecule has 1 rings (SSSR count). The number of rotatable bonds is 6. The number of carbonyl (C=O) groups is 1. The number of hydrogen-bond acceptors (Lipinski definition) is 3. The maximum atomic E-state index is 12.0. The minimum absolute atomic E-state index is 0.00654. The summed E-state index contributed by atoms with van der Waals surface area (Å²) >= 11 is 4.81. The molecule has 0 saturated heterocycles. The van der Waals surface area contributed by atoms with Gasteiger partial charge in [0, 0.05) is 5.56 Å². The molecule has 0 aliphatic carbocycles. The monoisotopic (exact) mass is 288 g/mol. The van der Waals surface area contributed by atoms with Crippen LogP contribution in [0.1, 0.15) is 23.7 Å². The Morgan fingerprint density at radius 1 is 1.42 bits per heavy atom. The lowest BCUT2D eigenvalue weighted by atomic mass is 10.1. The van der Waals surface area contributed by atoms with Crippen molar-refractivity contribution in [2.45, 2.75) is 26.0 Å². The predicted octanol–water partition coefficient (Wildman–Crippen LogP) is 2.08. The van der Waals surface area contributed by atoms with Crippen molar-refractivity contribution < 1.29 is 18.3 Å². The fourth-order valence-corrected chi connectivity index (χ4v) is 1.63. The molecule has 4 nitrogen and oxygen atoms in total. The molecular formula is C12H14F2N2O2S. The highest BCUT2D eigenvalue weighted by Crippen LogP contribution is 2.15. The summed E-state index contributed by atoms with van der Waals surface area (Å²) in [5.41, 5.74) is 5.78. The molecule has 104 valence electrons. The normalized spacial score (nSPS) is 12.0. The third-order valence-corrected chi connectivity index (χ3v) is 2.68. The highest BCUT2D eigenvalue weighted by Gasteiger charge is 2.14. The van der Waals surface area contributed by atoms with Crippen molar-refractivity contribution >= 4 is 23.1 Å². The number of nitrogens with one attached hydrogen (secondary N) is 1. The van der Waals surface area contributed by atoms with Crippen LogP contribution in [0.4, 0.5) is 8.78 Å². The smallest absolute Gasteiger partial charge is 0.387 e. The zero-order chi connectivity index (χ0) is 14.4. The molecule has 0 radical (unpaired) electrons. The molecule has 7 heteroatoms. The van der Waals surface area contributed by atoms with E-state index < -0.39 is 6.61 Å². The lowest BCUT2D eigenvalue weighted by molar-refractivity contribution is -0.0498. The van der Waals surface area contributed by atoms with E-state index in [1.807, 2.05) is 6.92 Å². The van der Waals surface area contributed by atoms with E-state index in [9.17, 15) is 13.6 Å². The summed E-state index contributed by atoms with van der Waals surface area (Å²) < 4.78 is 28.1. The van der Waals surface area contributed by atoms with Gasteiger partial charge in [0.1, 0.15) is 5.75 Å². The molecule has 0 aliphatic heterocycles. The number of hydrogen-bond donors (Lipinski definition) is 2. The molecule has 1 unspecified atom stereocenters. The number of alkyl halides is 2. The summed E-state index contributed by atoms with van der Waals surface area (Å²) in [7, 11) is 0. The van der Waals surface area contributed by atoms with Crippen LogP contribution in [0.5, 0.6) is 5.75 Å². The third kappa shape index (κ3) is 4.78. The molecule has 1 aromatic carbocycles. The zero-order valence-electron chi connectivity index (χ0n) is 10.2. The fourth-order valence-electron chi connectivity index (χ4n) is 1.40. The summed E-state index contributed by atoms with van der Waals surface area (Å²) in [5, 5.41) is 2.65.